The molecule has 0 bridgehead atoms. The first-order valence-electron chi connectivity index (χ1n) is 6.38. The molecule has 1 aromatic rings. The van der Waals surface area contributed by atoms with Crippen molar-refractivity contribution >= 4 is 5.91 Å². The first kappa shape index (κ1) is 15.2. The van der Waals surface area contributed by atoms with Crippen LogP contribution in [0.5, 0.6) is 0 Å². The number of nitriles is 1. The van der Waals surface area contributed by atoms with Gasteiger partial charge in [-0.05, 0) is 26.3 Å². The molecule has 1 unspecified atom stereocenters. The molecule has 0 radical (unpaired) electrons. The smallest absolute Gasteiger partial charge is 0.234 e. The molecule has 0 aromatic heterocycles. The van der Waals surface area contributed by atoms with Crippen molar-refractivity contribution in [1.82, 2.24) is 10.6 Å². The van der Waals surface area contributed by atoms with E-state index in [9.17, 15) is 4.79 Å². The van der Waals surface area contributed by atoms with Crippen molar-refractivity contribution < 1.29 is 4.79 Å². The molecule has 0 saturated heterocycles. The Morgan fingerprint density at radius 3 is 2.47 bits per heavy atom. The van der Waals surface area contributed by atoms with Crippen LogP contribution in [0.15, 0.2) is 30.3 Å². The molecular weight excluding hydrogens is 238 g/mol. The molecule has 102 valence electrons. The highest BCUT2D eigenvalue weighted by atomic mass is 16.2. The second-order valence-corrected chi connectivity index (χ2v) is 5.50. The van der Waals surface area contributed by atoms with Gasteiger partial charge in [0.1, 0.15) is 0 Å². The first-order chi connectivity index (χ1) is 8.92. The summed E-state index contributed by atoms with van der Waals surface area (Å²) >= 11 is 0. The van der Waals surface area contributed by atoms with Crippen molar-refractivity contribution in [2.45, 2.75) is 38.8 Å². The van der Waals surface area contributed by atoms with E-state index in [1.807, 2.05) is 51.1 Å². The summed E-state index contributed by atoms with van der Waals surface area (Å²) in [7, 11) is 0. The van der Waals surface area contributed by atoms with E-state index in [1.165, 1.54) is 0 Å². The van der Waals surface area contributed by atoms with E-state index >= 15 is 0 Å². The Morgan fingerprint density at radius 1 is 1.32 bits per heavy atom. The lowest BCUT2D eigenvalue weighted by molar-refractivity contribution is -0.121. The number of carbonyl (C=O) groups excluding carboxylic acids is 1. The minimum absolute atomic E-state index is 0.0635. The summed E-state index contributed by atoms with van der Waals surface area (Å²) in [5, 5.41) is 14.9. The van der Waals surface area contributed by atoms with Crippen LogP contribution in [0.2, 0.25) is 0 Å². The molecule has 1 atom stereocenters. The maximum Gasteiger partial charge on any atom is 0.234 e. The Bertz CT molecular complexity index is 443. The molecule has 0 aliphatic carbocycles. The number of hydrogen-bond donors (Lipinski definition) is 2. The lowest BCUT2D eigenvalue weighted by Gasteiger charge is -2.22. The Balaban J connectivity index is 2.57. The SMILES string of the molecule is CC(C)(C)NC(=O)CNC(CC#N)c1ccccc1. The van der Waals surface area contributed by atoms with Crippen molar-refractivity contribution in [3.63, 3.8) is 0 Å². The molecule has 0 saturated carbocycles. The third kappa shape index (κ3) is 6.03. The minimum Gasteiger partial charge on any atom is -0.350 e. The zero-order valence-corrected chi connectivity index (χ0v) is 11.7. The topological polar surface area (TPSA) is 64.9 Å². The zero-order valence-electron chi connectivity index (χ0n) is 11.7. The van der Waals surface area contributed by atoms with Gasteiger partial charge in [-0.1, -0.05) is 30.3 Å². The van der Waals surface area contributed by atoms with E-state index in [0.717, 1.165) is 5.56 Å². The average Bonchev–Trinajstić information content (AvgIpc) is 2.33. The van der Waals surface area contributed by atoms with Crippen molar-refractivity contribution in [3.8, 4) is 6.07 Å². The number of nitrogens with one attached hydrogen (secondary N) is 2. The van der Waals surface area contributed by atoms with Crippen LogP contribution in [0.1, 0.15) is 38.8 Å². The van der Waals surface area contributed by atoms with Gasteiger partial charge in [0.15, 0.2) is 0 Å². The lowest BCUT2D eigenvalue weighted by Crippen LogP contribution is -2.45. The predicted octanol–water partition coefficient (Wildman–Crippen LogP) is 2.15. The van der Waals surface area contributed by atoms with Crippen LogP contribution in [-0.2, 0) is 4.79 Å². The van der Waals surface area contributed by atoms with Gasteiger partial charge in [0.25, 0.3) is 0 Å². The van der Waals surface area contributed by atoms with Crippen LogP contribution in [0.3, 0.4) is 0 Å². The molecule has 4 heteroatoms. The van der Waals surface area contributed by atoms with Crippen molar-refractivity contribution in [2.75, 3.05) is 6.54 Å². The van der Waals surface area contributed by atoms with Gasteiger partial charge in [-0.2, -0.15) is 5.26 Å². The number of amides is 1. The van der Waals surface area contributed by atoms with Crippen LogP contribution < -0.4 is 10.6 Å². The molecule has 1 rings (SSSR count). The van der Waals surface area contributed by atoms with E-state index in [4.69, 9.17) is 5.26 Å². The van der Waals surface area contributed by atoms with Crippen molar-refractivity contribution in [1.29, 1.82) is 5.26 Å². The summed E-state index contributed by atoms with van der Waals surface area (Å²) in [4.78, 5) is 11.7. The van der Waals surface area contributed by atoms with Gasteiger partial charge in [0.2, 0.25) is 5.91 Å². The van der Waals surface area contributed by atoms with Gasteiger partial charge in [-0.25, -0.2) is 0 Å². The number of rotatable bonds is 5. The molecule has 0 fully saturated rings. The van der Waals surface area contributed by atoms with Crippen LogP contribution in [0.25, 0.3) is 0 Å². The summed E-state index contributed by atoms with van der Waals surface area (Å²) in [6, 6.07) is 11.7. The highest BCUT2D eigenvalue weighted by molar-refractivity contribution is 5.78. The number of hydrogen-bond acceptors (Lipinski definition) is 3. The fraction of sp³-hybridized carbons (Fsp3) is 0.467. The summed E-state index contributed by atoms with van der Waals surface area (Å²) in [5.41, 5.74) is 0.781. The molecule has 4 nitrogen and oxygen atoms in total. The molecule has 0 aliphatic rings. The number of nitrogens with zero attached hydrogens (tertiary/aromatic N) is 1. The monoisotopic (exact) mass is 259 g/mol. The van der Waals surface area contributed by atoms with Gasteiger partial charge in [0.05, 0.1) is 19.0 Å². The maximum atomic E-state index is 11.7. The van der Waals surface area contributed by atoms with E-state index in [1.54, 1.807) is 0 Å². The third-order valence-electron chi connectivity index (χ3n) is 2.52. The second-order valence-electron chi connectivity index (χ2n) is 5.50. The maximum absolute atomic E-state index is 11.7. The molecule has 1 amide bonds. The van der Waals surface area contributed by atoms with E-state index < -0.39 is 0 Å². The van der Waals surface area contributed by atoms with Gasteiger partial charge < -0.3 is 10.6 Å². The molecule has 1 aromatic carbocycles. The van der Waals surface area contributed by atoms with Gasteiger partial charge in [0, 0.05) is 11.6 Å². The number of carbonyl (C=O) groups is 1. The Morgan fingerprint density at radius 2 is 1.95 bits per heavy atom. The van der Waals surface area contributed by atoms with Gasteiger partial charge in [-0.15, -0.1) is 0 Å². The van der Waals surface area contributed by atoms with Crippen LogP contribution >= 0.6 is 0 Å². The Hall–Kier alpha value is -1.86. The summed E-state index contributed by atoms with van der Waals surface area (Å²) in [6.45, 7) is 6.02. The van der Waals surface area contributed by atoms with Gasteiger partial charge >= 0.3 is 0 Å². The standard InChI is InChI=1S/C15H21N3O/c1-15(2,3)18-14(19)11-17-13(9-10-16)12-7-5-4-6-8-12/h4-8,13,17H,9,11H2,1-3H3,(H,18,19). The number of benzene rings is 1. The van der Waals surface area contributed by atoms with Crippen molar-refractivity contribution in [2.24, 2.45) is 0 Å². The molecule has 0 aliphatic heterocycles. The Labute approximate surface area is 114 Å². The molecule has 0 spiro atoms. The van der Waals surface area contributed by atoms with Crippen LogP contribution in [0.4, 0.5) is 0 Å². The molecule has 19 heavy (non-hydrogen) atoms. The van der Waals surface area contributed by atoms with E-state index in [-0.39, 0.29) is 24.0 Å². The Kier molecular flexibility index (Phi) is 5.53. The van der Waals surface area contributed by atoms with Crippen LogP contribution in [-0.4, -0.2) is 18.0 Å². The highest BCUT2D eigenvalue weighted by Gasteiger charge is 2.16. The summed E-state index contributed by atoms with van der Waals surface area (Å²) in [6.07, 6.45) is 0.340. The zero-order chi connectivity index (χ0) is 14.3. The minimum atomic E-state index is -0.240. The molecular formula is C15H21N3O. The fourth-order valence-electron chi connectivity index (χ4n) is 1.76. The quantitative estimate of drug-likeness (QED) is 0.851. The largest absolute Gasteiger partial charge is 0.350 e. The lowest BCUT2D eigenvalue weighted by atomic mass is 10.0. The van der Waals surface area contributed by atoms with E-state index in [2.05, 4.69) is 16.7 Å². The second kappa shape index (κ2) is 6.91. The van der Waals surface area contributed by atoms with Crippen LogP contribution in [0, 0.1) is 11.3 Å². The summed E-state index contributed by atoms with van der Waals surface area (Å²) < 4.78 is 0. The summed E-state index contributed by atoms with van der Waals surface area (Å²) in [5.74, 6) is -0.0635. The fourth-order valence-corrected chi connectivity index (χ4v) is 1.76. The highest BCUT2D eigenvalue weighted by Crippen LogP contribution is 2.15. The van der Waals surface area contributed by atoms with Gasteiger partial charge in [-0.3, -0.25) is 4.79 Å². The van der Waals surface area contributed by atoms with Crippen molar-refractivity contribution in [3.05, 3.63) is 35.9 Å². The molecule has 2 N–H and O–H groups in total. The normalized spacial score (nSPS) is 12.5. The third-order valence-corrected chi connectivity index (χ3v) is 2.52. The van der Waals surface area contributed by atoms with E-state index in [0.29, 0.717) is 6.42 Å². The predicted molar refractivity (Wildman–Crippen MR) is 75.3 cm³/mol. The first-order valence-corrected chi connectivity index (χ1v) is 6.38. The molecule has 0 heterocycles. The average molecular weight is 259 g/mol.